The summed E-state index contributed by atoms with van der Waals surface area (Å²) in [7, 11) is 0. The van der Waals surface area contributed by atoms with E-state index in [0.29, 0.717) is 0 Å². The molecule has 0 aromatic rings. The Balaban J connectivity index is -0.000000273. The van der Waals surface area contributed by atoms with Crippen LogP contribution in [0.4, 0.5) is 0 Å². The molecule has 3 radical (unpaired) electrons. The Morgan fingerprint density at radius 3 is 1.38 bits per heavy atom. The van der Waals surface area contributed by atoms with Gasteiger partial charge in [0.2, 0.25) is 0 Å². The zero-order valence-corrected chi connectivity index (χ0v) is 37.7. The van der Waals surface area contributed by atoms with Gasteiger partial charge in [-0.2, -0.15) is 13.3 Å². The van der Waals surface area contributed by atoms with E-state index in [9.17, 15) is 0 Å². The maximum Gasteiger partial charge on any atom is 0 e. The van der Waals surface area contributed by atoms with Gasteiger partial charge in [-0.25, -0.2) is 0 Å². The van der Waals surface area contributed by atoms with Crippen molar-refractivity contribution >= 4 is 61.2 Å². The van der Waals surface area contributed by atoms with Crippen LogP contribution in [0.25, 0.3) is 0 Å². The summed E-state index contributed by atoms with van der Waals surface area (Å²) in [5.41, 5.74) is 0. The van der Waals surface area contributed by atoms with Crippen molar-refractivity contribution in [2.45, 2.75) is 120 Å². The van der Waals surface area contributed by atoms with Gasteiger partial charge in [0.05, 0.1) is 0 Å². The topological polar surface area (TPSA) is 0 Å². The zero-order chi connectivity index (χ0) is 21.9. The van der Waals surface area contributed by atoms with Gasteiger partial charge in [-0.15, -0.1) is 24.0 Å². The maximum absolute atomic E-state index is 2.48. The molecule has 6 heteroatoms. The first kappa shape index (κ1) is 50.4. The first-order chi connectivity index (χ1) is 13.3. The monoisotopic (exact) mass is 1010 g/mol. The van der Waals surface area contributed by atoms with Crippen molar-refractivity contribution < 1.29 is 98.1 Å². The van der Waals surface area contributed by atoms with Crippen molar-refractivity contribution in [2.75, 3.05) is 0 Å². The third-order valence-electron chi connectivity index (χ3n) is 6.28. The third kappa shape index (κ3) is 35.5. The van der Waals surface area contributed by atoms with E-state index in [1.807, 2.05) is 0 Å². The second kappa shape index (κ2) is 36.5. The van der Waals surface area contributed by atoms with Gasteiger partial charge in [-0.3, -0.25) is 0 Å². The fourth-order valence-corrected chi connectivity index (χ4v) is 4.80. The summed E-state index contributed by atoms with van der Waals surface area (Å²) < 4.78 is 0. The molecule has 0 nitrogen and oxygen atoms in total. The van der Waals surface area contributed by atoms with Gasteiger partial charge in [-0.1, -0.05) is 86.5 Å². The summed E-state index contributed by atoms with van der Waals surface area (Å²) in [5.74, 6) is 5.34. The molecule has 0 aromatic heterocycles. The van der Waals surface area contributed by atoms with E-state index in [4.69, 9.17) is 0 Å². The predicted octanol–water partition coefficient (Wildman–Crippen LogP) is 11.5. The summed E-state index contributed by atoms with van der Waals surface area (Å²) >= 11 is 4.24. The first-order valence-electron chi connectivity index (χ1n) is 12.0. The van der Waals surface area contributed by atoms with Gasteiger partial charge in [-0.05, 0) is 48.9 Å². The van der Waals surface area contributed by atoms with E-state index in [-0.39, 0.29) is 122 Å². The largest absolute Gasteiger partial charge is 0.360 e. The molecule has 0 spiro atoms. The molecule has 0 saturated heterocycles. The van der Waals surface area contributed by atoms with Crippen molar-refractivity contribution in [3.8, 4) is 0 Å². The average Bonchev–Trinajstić information content (AvgIpc) is 2.62. The van der Waals surface area contributed by atoms with Crippen LogP contribution in [0.3, 0.4) is 0 Å². The average molecular weight is 1010 g/mol. The molecule has 0 rings (SSSR count). The molecular formula is C26H53I3Y3-2. The summed E-state index contributed by atoms with van der Waals surface area (Å²) in [6.45, 7) is 19.2. The van der Waals surface area contributed by atoms with Crippen LogP contribution in [0, 0.1) is 48.3 Å². The Morgan fingerprint density at radius 1 is 0.625 bits per heavy atom. The fraction of sp³-hybridized carbons (Fsp3) is 0.923. The Labute approximate surface area is 321 Å². The molecule has 0 aromatic carbocycles. The summed E-state index contributed by atoms with van der Waals surface area (Å²) in [5, 5.41) is 0. The fourth-order valence-electron chi connectivity index (χ4n) is 4.80. The second-order valence-electron chi connectivity index (χ2n) is 10.1. The molecule has 0 bridgehead atoms. The standard InChI is InChI=1S/C26H52.I2.HI.3Y/c1-9-11-12-14-22(4)18-26(8)20-24(6)16-13-15-23(5)19-25(7)17-21(3)10-2;1-2;;;;/h9,12,21-26H,10-11,13-20H2,1-8H3;;1H;;;/q-2;;;;;. The molecule has 6 unspecified atom stereocenters. The summed E-state index contributed by atoms with van der Waals surface area (Å²) in [6.07, 6.45) is 18.5. The van der Waals surface area contributed by atoms with Crippen molar-refractivity contribution in [3.63, 3.8) is 0 Å². The van der Waals surface area contributed by atoms with Crippen LogP contribution < -0.4 is 0 Å². The molecule has 0 aliphatic heterocycles. The molecule has 0 aliphatic rings. The van der Waals surface area contributed by atoms with Crippen molar-refractivity contribution in [2.24, 2.45) is 35.5 Å². The van der Waals surface area contributed by atoms with E-state index in [0.717, 1.165) is 35.5 Å². The van der Waals surface area contributed by atoms with Gasteiger partial charge >= 0.3 is 0 Å². The number of hydrogen-bond donors (Lipinski definition) is 0. The molecular weight excluding hydrogens is 960 g/mol. The van der Waals surface area contributed by atoms with Gasteiger partial charge in [0, 0.05) is 135 Å². The number of unbranched alkanes of at least 4 members (excludes halogenated alkanes) is 2. The van der Waals surface area contributed by atoms with E-state index in [1.54, 1.807) is 0 Å². The molecule has 0 amide bonds. The third-order valence-corrected chi connectivity index (χ3v) is 6.28. The Hall–Kier alpha value is 5.50. The number of halogens is 3. The number of rotatable bonds is 17. The SMILES string of the molecule is C[CH-]C[CH-]CC(C)CC(C)CC(C)CCCC(C)CC(C)CC(C)CC.I.II.[Y].[Y].[Y]. The summed E-state index contributed by atoms with van der Waals surface area (Å²) in [6, 6.07) is 0. The van der Waals surface area contributed by atoms with E-state index in [2.05, 4.69) is 105 Å². The van der Waals surface area contributed by atoms with Gasteiger partial charge in [0.15, 0.2) is 0 Å². The van der Waals surface area contributed by atoms with Gasteiger partial charge in [0.25, 0.3) is 0 Å². The van der Waals surface area contributed by atoms with Crippen LogP contribution in [0.1, 0.15) is 120 Å². The van der Waals surface area contributed by atoms with Crippen LogP contribution in [0.2, 0.25) is 0 Å². The summed E-state index contributed by atoms with van der Waals surface area (Å²) in [4.78, 5) is 0. The normalized spacial score (nSPS) is 15.6. The van der Waals surface area contributed by atoms with Crippen molar-refractivity contribution in [1.82, 2.24) is 0 Å². The van der Waals surface area contributed by atoms with Gasteiger partial charge in [0.1, 0.15) is 0 Å². The first-order valence-corrected chi connectivity index (χ1v) is 18.3. The van der Waals surface area contributed by atoms with E-state index >= 15 is 0 Å². The number of hydrogen-bond acceptors (Lipinski definition) is 0. The molecule has 0 N–H and O–H groups in total. The van der Waals surface area contributed by atoms with Crippen molar-refractivity contribution in [3.05, 3.63) is 12.8 Å². The predicted molar refractivity (Wildman–Crippen MR) is 165 cm³/mol. The molecule has 189 valence electrons. The minimum atomic E-state index is 0. The molecule has 0 fully saturated rings. The maximum atomic E-state index is 2.48. The quantitative estimate of drug-likeness (QED) is 0.0774. The second-order valence-corrected chi connectivity index (χ2v) is 10.1. The minimum Gasteiger partial charge on any atom is -0.360 e. The smallest absolute Gasteiger partial charge is 0 e. The Kier molecular flexibility index (Phi) is 57.4. The van der Waals surface area contributed by atoms with Crippen LogP contribution in [0.15, 0.2) is 0 Å². The van der Waals surface area contributed by atoms with E-state index < -0.39 is 0 Å². The van der Waals surface area contributed by atoms with Crippen LogP contribution in [-0.2, 0) is 98.1 Å². The van der Waals surface area contributed by atoms with Crippen LogP contribution >= 0.6 is 61.2 Å². The molecule has 32 heavy (non-hydrogen) atoms. The van der Waals surface area contributed by atoms with Gasteiger partial charge < -0.3 is 19.3 Å². The van der Waals surface area contributed by atoms with E-state index in [1.165, 1.54) is 64.2 Å². The zero-order valence-electron chi connectivity index (χ0n) is 22.6. The minimum absolute atomic E-state index is 0. The Bertz CT molecular complexity index is 323. The van der Waals surface area contributed by atoms with Crippen molar-refractivity contribution in [1.29, 1.82) is 0 Å². The Morgan fingerprint density at radius 2 is 1.00 bits per heavy atom. The molecule has 0 heterocycles. The molecule has 0 aliphatic carbocycles. The van der Waals surface area contributed by atoms with Crippen LogP contribution in [0.5, 0.6) is 0 Å². The molecule has 0 saturated carbocycles. The van der Waals surface area contributed by atoms with Crippen LogP contribution in [-0.4, -0.2) is 0 Å². The molecule has 6 atom stereocenters.